The molecule has 6 heteroatoms. The molecule has 1 aromatic carbocycles. The van der Waals surface area contributed by atoms with E-state index in [9.17, 15) is 4.79 Å². The Kier molecular flexibility index (Phi) is 3.54. The van der Waals surface area contributed by atoms with Gasteiger partial charge in [0, 0.05) is 12.1 Å². The van der Waals surface area contributed by atoms with Gasteiger partial charge >= 0.3 is 0 Å². The molecule has 3 rings (SSSR count). The van der Waals surface area contributed by atoms with Crippen molar-refractivity contribution in [3.63, 3.8) is 0 Å². The molecule has 6 nitrogen and oxygen atoms in total. The number of nitrogens with one attached hydrogen (secondary N) is 1. The normalized spacial score (nSPS) is 17.3. The smallest absolute Gasteiger partial charge is 0.224 e. The Hall–Kier alpha value is -2.50. The summed E-state index contributed by atoms with van der Waals surface area (Å²) in [5.74, 6) is 0.410. The second-order valence-corrected chi connectivity index (χ2v) is 4.82. The van der Waals surface area contributed by atoms with Crippen molar-refractivity contribution in [2.24, 2.45) is 5.92 Å². The third-order valence-electron chi connectivity index (χ3n) is 3.30. The highest BCUT2D eigenvalue weighted by atomic mass is 16.1. The minimum Gasteiger partial charge on any atom is -0.326 e. The largest absolute Gasteiger partial charge is 0.326 e. The van der Waals surface area contributed by atoms with Crippen LogP contribution in [-0.2, 0) is 4.79 Å². The number of nitrogens with zero attached hydrogens (tertiary/aromatic N) is 4. The molecule has 20 heavy (non-hydrogen) atoms. The molecule has 1 aromatic heterocycles. The van der Waals surface area contributed by atoms with Crippen molar-refractivity contribution in [2.75, 3.05) is 5.32 Å². The lowest BCUT2D eigenvalue weighted by molar-refractivity contribution is -0.116. The van der Waals surface area contributed by atoms with E-state index in [-0.39, 0.29) is 5.91 Å². The van der Waals surface area contributed by atoms with Crippen molar-refractivity contribution in [1.29, 1.82) is 0 Å². The van der Waals surface area contributed by atoms with Crippen LogP contribution < -0.4 is 5.32 Å². The molecule has 0 saturated heterocycles. The zero-order chi connectivity index (χ0) is 13.8. The summed E-state index contributed by atoms with van der Waals surface area (Å²) < 4.78 is 1.55. The SMILES string of the molecule is O=C(CC1C=CCC1)Nc1cccc(-n2cnnn2)c1. The first kappa shape index (κ1) is 12.5. The molecular weight excluding hydrogens is 254 g/mol. The molecular formula is C14H15N5O. The fraction of sp³-hybridized carbons (Fsp3) is 0.286. The summed E-state index contributed by atoms with van der Waals surface area (Å²) in [4.78, 5) is 12.0. The summed E-state index contributed by atoms with van der Waals surface area (Å²) in [5, 5.41) is 13.9. The molecule has 1 aliphatic rings. The molecule has 1 heterocycles. The Labute approximate surface area is 116 Å². The van der Waals surface area contributed by atoms with Gasteiger partial charge in [0.25, 0.3) is 0 Å². The average Bonchev–Trinajstić information content (AvgIpc) is 3.11. The zero-order valence-electron chi connectivity index (χ0n) is 10.9. The maximum atomic E-state index is 12.0. The van der Waals surface area contributed by atoms with Crippen molar-refractivity contribution in [3.05, 3.63) is 42.7 Å². The summed E-state index contributed by atoms with van der Waals surface area (Å²) in [6, 6.07) is 7.45. The number of aromatic nitrogens is 4. The van der Waals surface area contributed by atoms with E-state index >= 15 is 0 Å². The number of amides is 1. The van der Waals surface area contributed by atoms with Gasteiger partial charge in [0.1, 0.15) is 6.33 Å². The third kappa shape index (κ3) is 2.90. The highest BCUT2D eigenvalue weighted by Crippen LogP contribution is 2.21. The van der Waals surface area contributed by atoms with Crippen LogP contribution in [-0.4, -0.2) is 26.1 Å². The maximum absolute atomic E-state index is 12.0. The molecule has 0 saturated carbocycles. The molecule has 1 N–H and O–H groups in total. The predicted octanol–water partition coefficient (Wildman–Crippen LogP) is 1.96. The van der Waals surface area contributed by atoms with Crippen LogP contribution in [0.25, 0.3) is 5.69 Å². The first-order valence-electron chi connectivity index (χ1n) is 6.61. The highest BCUT2D eigenvalue weighted by Gasteiger charge is 2.14. The summed E-state index contributed by atoms with van der Waals surface area (Å²) in [6.07, 6.45) is 8.45. The van der Waals surface area contributed by atoms with Gasteiger partial charge in [0.15, 0.2) is 0 Å². The third-order valence-corrected chi connectivity index (χ3v) is 3.30. The van der Waals surface area contributed by atoms with Gasteiger partial charge in [-0.15, -0.1) is 5.10 Å². The van der Waals surface area contributed by atoms with E-state index < -0.39 is 0 Å². The first-order chi connectivity index (χ1) is 9.81. The number of rotatable bonds is 4. The lowest BCUT2D eigenvalue weighted by Crippen LogP contribution is -2.15. The van der Waals surface area contributed by atoms with E-state index in [1.807, 2.05) is 24.3 Å². The van der Waals surface area contributed by atoms with Crippen LogP contribution in [0.1, 0.15) is 19.3 Å². The van der Waals surface area contributed by atoms with Crippen LogP contribution in [0.5, 0.6) is 0 Å². The van der Waals surface area contributed by atoms with E-state index in [4.69, 9.17) is 0 Å². The van der Waals surface area contributed by atoms with Crippen molar-refractivity contribution >= 4 is 11.6 Å². The Balaban J connectivity index is 1.66. The summed E-state index contributed by atoms with van der Waals surface area (Å²) in [7, 11) is 0. The Bertz CT molecular complexity index is 620. The van der Waals surface area contributed by atoms with Crippen LogP contribution in [0.15, 0.2) is 42.7 Å². The van der Waals surface area contributed by atoms with Crippen molar-refractivity contribution in [2.45, 2.75) is 19.3 Å². The topological polar surface area (TPSA) is 72.7 Å². The summed E-state index contributed by atoms with van der Waals surface area (Å²) in [6.45, 7) is 0. The standard InChI is InChI=1S/C14H15N5O/c20-14(8-11-4-1-2-5-11)16-12-6-3-7-13(9-12)19-10-15-17-18-19/h1,3-4,6-7,9-11H,2,5,8H2,(H,16,20). The minimum atomic E-state index is 0.0374. The number of benzene rings is 1. The van der Waals surface area contributed by atoms with E-state index in [0.29, 0.717) is 12.3 Å². The fourth-order valence-corrected chi connectivity index (χ4v) is 2.32. The predicted molar refractivity (Wildman–Crippen MR) is 74.3 cm³/mol. The Morgan fingerprint density at radius 2 is 2.40 bits per heavy atom. The molecule has 0 radical (unpaired) electrons. The molecule has 1 unspecified atom stereocenters. The maximum Gasteiger partial charge on any atom is 0.224 e. The number of anilines is 1. The van der Waals surface area contributed by atoms with Crippen LogP contribution in [0.4, 0.5) is 5.69 Å². The molecule has 102 valence electrons. The lowest BCUT2D eigenvalue weighted by atomic mass is 10.1. The highest BCUT2D eigenvalue weighted by molar-refractivity contribution is 5.91. The molecule has 0 fully saturated rings. The van der Waals surface area contributed by atoms with Crippen molar-refractivity contribution in [1.82, 2.24) is 20.2 Å². The van der Waals surface area contributed by atoms with Gasteiger partial charge in [-0.25, -0.2) is 4.68 Å². The summed E-state index contributed by atoms with van der Waals surface area (Å²) in [5.41, 5.74) is 1.57. The number of tetrazole rings is 1. The quantitative estimate of drug-likeness (QED) is 0.861. The van der Waals surface area contributed by atoms with Gasteiger partial charge < -0.3 is 5.32 Å². The van der Waals surface area contributed by atoms with Gasteiger partial charge in [0.05, 0.1) is 5.69 Å². The van der Waals surface area contributed by atoms with Crippen molar-refractivity contribution < 1.29 is 4.79 Å². The molecule has 1 aliphatic carbocycles. The van der Waals surface area contributed by atoms with Crippen LogP contribution in [0, 0.1) is 5.92 Å². The molecule has 0 aliphatic heterocycles. The van der Waals surface area contributed by atoms with E-state index in [1.54, 1.807) is 4.68 Å². The van der Waals surface area contributed by atoms with E-state index in [0.717, 1.165) is 24.2 Å². The van der Waals surface area contributed by atoms with Gasteiger partial charge in [0.2, 0.25) is 5.91 Å². The monoisotopic (exact) mass is 269 g/mol. The van der Waals surface area contributed by atoms with Gasteiger partial charge in [-0.05, 0) is 47.4 Å². The first-order valence-corrected chi connectivity index (χ1v) is 6.61. The van der Waals surface area contributed by atoms with E-state index in [1.165, 1.54) is 6.33 Å². The second-order valence-electron chi connectivity index (χ2n) is 4.82. The Morgan fingerprint density at radius 1 is 1.45 bits per heavy atom. The number of allylic oxidation sites excluding steroid dienone is 2. The molecule has 2 aromatic rings. The van der Waals surface area contributed by atoms with Crippen LogP contribution in [0.2, 0.25) is 0 Å². The molecule has 0 bridgehead atoms. The minimum absolute atomic E-state index is 0.0374. The van der Waals surface area contributed by atoms with E-state index in [2.05, 4.69) is 33.0 Å². The number of carbonyl (C=O) groups is 1. The second kappa shape index (κ2) is 5.64. The molecule has 0 spiro atoms. The Morgan fingerprint density at radius 3 is 3.15 bits per heavy atom. The van der Waals surface area contributed by atoms with Gasteiger partial charge in [-0.1, -0.05) is 18.2 Å². The summed E-state index contributed by atoms with van der Waals surface area (Å²) >= 11 is 0. The average molecular weight is 269 g/mol. The lowest BCUT2D eigenvalue weighted by Gasteiger charge is -2.09. The van der Waals surface area contributed by atoms with Crippen LogP contribution in [0.3, 0.4) is 0 Å². The number of carbonyl (C=O) groups excluding carboxylic acids is 1. The van der Waals surface area contributed by atoms with Gasteiger partial charge in [-0.2, -0.15) is 0 Å². The van der Waals surface area contributed by atoms with Crippen molar-refractivity contribution in [3.8, 4) is 5.69 Å². The van der Waals surface area contributed by atoms with Crippen LogP contribution >= 0.6 is 0 Å². The van der Waals surface area contributed by atoms with Gasteiger partial charge in [-0.3, -0.25) is 4.79 Å². The number of hydrogen-bond donors (Lipinski definition) is 1. The zero-order valence-corrected chi connectivity index (χ0v) is 10.9. The fourth-order valence-electron chi connectivity index (χ4n) is 2.32. The molecule has 1 atom stereocenters. The molecule has 1 amide bonds. The number of hydrogen-bond acceptors (Lipinski definition) is 4.